The summed E-state index contributed by atoms with van der Waals surface area (Å²) in [6.45, 7) is 0.786. The highest BCUT2D eigenvalue weighted by Crippen LogP contribution is 2.30. The van der Waals surface area contributed by atoms with Crippen LogP contribution in [0.1, 0.15) is 45.5 Å². The maximum Gasteiger partial charge on any atom is 0.404 e. The molecule has 29 heavy (non-hydrogen) atoms. The van der Waals surface area contributed by atoms with Gasteiger partial charge in [0.25, 0.3) is 11.8 Å². The van der Waals surface area contributed by atoms with E-state index in [1.54, 1.807) is 18.2 Å². The molecule has 0 spiro atoms. The first-order valence-corrected chi connectivity index (χ1v) is 9.28. The van der Waals surface area contributed by atoms with E-state index in [1.807, 2.05) is 0 Å². The molecule has 154 valence electrons. The highest BCUT2D eigenvalue weighted by Gasteiger charge is 2.45. The van der Waals surface area contributed by atoms with Gasteiger partial charge < -0.3 is 15.2 Å². The van der Waals surface area contributed by atoms with Gasteiger partial charge in [0, 0.05) is 19.6 Å². The van der Waals surface area contributed by atoms with E-state index < -0.39 is 35.8 Å². The zero-order valence-electron chi connectivity index (χ0n) is 15.6. The monoisotopic (exact) mass is 403 g/mol. The summed E-state index contributed by atoms with van der Waals surface area (Å²) in [5, 5.41) is 12.8. The minimum Gasteiger partial charge on any atom is -0.465 e. The third-order valence-corrected chi connectivity index (χ3v) is 4.81. The summed E-state index contributed by atoms with van der Waals surface area (Å²) in [7, 11) is 0. The van der Waals surface area contributed by atoms with Gasteiger partial charge in [-0.2, -0.15) is 0 Å². The molecule has 0 aliphatic carbocycles. The van der Waals surface area contributed by atoms with Gasteiger partial charge in [0.1, 0.15) is 6.04 Å². The van der Waals surface area contributed by atoms with Gasteiger partial charge in [-0.1, -0.05) is 12.1 Å². The summed E-state index contributed by atoms with van der Waals surface area (Å²) in [5.41, 5.74) is 1.22. The molecule has 10 heteroatoms. The number of rotatable bonds is 8. The first-order chi connectivity index (χ1) is 13.9. The summed E-state index contributed by atoms with van der Waals surface area (Å²) in [5.74, 6) is -2.11. The van der Waals surface area contributed by atoms with Gasteiger partial charge in [0.2, 0.25) is 11.8 Å². The topological polar surface area (TPSA) is 142 Å². The van der Waals surface area contributed by atoms with Crippen LogP contribution in [-0.4, -0.2) is 65.5 Å². The van der Waals surface area contributed by atoms with Crippen molar-refractivity contribution < 1.29 is 33.8 Å². The molecular weight excluding hydrogens is 382 g/mol. The summed E-state index contributed by atoms with van der Waals surface area (Å²) in [4.78, 5) is 60.5. The van der Waals surface area contributed by atoms with Gasteiger partial charge in [-0.05, 0) is 30.9 Å². The molecule has 1 unspecified atom stereocenters. The molecule has 1 saturated heterocycles. The largest absolute Gasteiger partial charge is 0.465 e. The summed E-state index contributed by atoms with van der Waals surface area (Å²) in [6.07, 6.45) is 0.132. The smallest absolute Gasteiger partial charge is 0.404 e. The Morgan fingerprint density at radius 1 is 1.21 bits per heavy atom. The van der Waals surface area contributed by atoms with Crippen molar-refractivity contribution in [1.29, 1.82) is 0 Å². The van der Waals surface area contributed by atoms with Crippen molar-refractivity contribution in [3.8, 4) is 0 Å². The van der Waals surface area contributed by atoms with Crippen LogP contribution < -0.4 is 10.6 Å². The van der Waals surface area contributed by atoms with E-state index in [0.717, 1.165) is 4.90 Å². The second kappa shape index (κ2) is 8.82. The number of benzene rings is 1. The summed E-state index contributed by atoms with van der Waals surface area (Å²) >= 11 is 0. The van der Waals surface area contributed by atoms with E-state index in [2.05, 4.69) is 10.6 Å². The standard InChI is InChI=1S/C19H21N3O7/c23-14-7-6-13(16(24)21-14)22-17(25)12-5-1-3-11(15(12)18(22)26)4-2-9-29-10-8-20-19(27)28/h1,3,5,13,20H,2,4,6-10H2,(H,27,28)(H,21,23,24). The van der Waals surface area contributed by atoms with E-state index in [0.29, 0.717) is 25.0 Å². The average Bonchev–Trinajstić information content (AvgIpc) is 2.92. The molecule has 1 aromatic rings. The molecule has 2 aliphatic rings. The van der Waals surface area contributed by atoms with Crippen LogP contribution in [0.5, 0.6) is 0 Å². The van der Waals surface area contributed by atoms with Crippen molar-refractivity contribution in [3.63, 3.8) is 0 Å². The second-order valence-corrected chi connectivity index (χ2v) is 6.73. The van der Waals surface area contributed by atoms with Crippen LogP contribution in [0.15, 0.2) is 18.2 Å². The molecule has 2 heterocycles. The lowest BCUT2D eigenvalue weighted by atomic mass is 9.99. The maximum absolute atomic E-state index is 12.9. The molecule has 0 bridgehead atoms. The fraction of sp³-hybridized carbons (Fsp3) is 0.421. The zero-order chi connectivity index (χ0) is 21.0. The third kappa shape index (κ3) is 4.43. The quantitative estimate of drug-likeness (QED) is 0.419. The number of aryl methyl sites for hydroxylation is 1. The minimum absolute atomic E-state index is 0.0742. The average molecular weight is 403 g/mol. The SMILES string of the molecule is O=C(O)NCCOCCCc1cccc2c1C(=O)N(C1CCC(=O)NC1=O)C2=O. The number of carboxylic acid groups (broad SMARTS) is 1. The molecule has 0 radical (unpaired) electrons. The molecule has 3 N–H and O–H groups in total. The van der Waals surface area contributed by atoms with E-state index in [1.165, 1.54) is 0 Å². The number of fused-ring (bicyclic) bond motifs is 1. The first kappa shape index (κ1) is 20.5. The number of piperidine rings is 1. The van der Waals surface area contributed by atoms with E-state index in [-0.39, 0.29) is 37.1 Å². The van der Waals surface area contributed by atoms with Crippen LogP contribution in [0.4, 0.5) is 4.79 Å². The van der Waals surface area contributed by atoms with Crippen molar-refractivity contribution in [2.75, 3.05) is 19.8 Å². The van der Waals surface area contributed by atoms with Crippen LogP contribution in [0.2, 0.25) is 0 Å². The number of carbonyl (C=O) groups excluding carboxylic acids is 4. The predicted molar refractivity (Wildman–Crippen MR) is 98.3 cm³/mol. The normalized spacial score (nSPS) is 18.6. The fourth-order valence-electron chi connectivity index (χ4n) is 3.49. The number of imide groups is 2. The Balaban J connectivity index is 1.63. The molecule has 3 rings (SSSR count). The van der Waals surface area contributed by atoms with Crippen LogP contribution in [-0.2, 0) is 20.7 Å². The second-order valence-electron chi connectivity index (χ2n) is 6.73. The number of ether oxygens (including phenoxy) is 1. The van der Waals surface area contributed by atoms with Crippen molar-refractivity contribution in [2.24, 2.45) is 0 Å². The molecular formula is C19H21N3O7. The Morgan fingerprint density at radius 2 is 2.00 bits per heavy atom. The number of hydrogen-bond donors (Lipinski definition) is 3. The number of amides is 5. The summed E-state index contributed by atoms with van der Waals surface area (Å²) in [6, 6.07) is 4.01. The van der Waals surface area contributed by atoms with Gasteiger partial charge in [0.05, 0.1) is 17.7 Å². The van der Waals surface area contributed by atoms with Gasteiger partial charge in [-0.3, -0.25) is 29.4 Å². The lowest BCUT2D eigenvalue weighted by Gasteiger charge is -2.27. The van der Waals surface area contributed by atoms with Gasteiger partial charge in [-0.15, -0.1) is 0 Å². The molecule has 5 amide bonds. The van der Waals surface area contributed by atoms with E-state index in [4.69, 9.17) is 9.84 Å². The number of hydrogen-bond acceptors (Lipinski definition) is 6. The van der Waals surface area contributed by atoms with Crippen LogP contribution in [0.3, 0.4) is 0 Å². The first-order valence-electron chi connectivity index (χ1n) is 9.28. The Kier molecular flexibility index (Phi) is 6.23. The Labute approximate surface area is 166 Å². The molecule has 1 atom stereocenters. The molecule has 0 saturated carbocycles. The minimum atomic E-state index is -1.11. The van der Waals surface area contributed by atoms with E-state index in [9.17, 15) is 24.0 Å². The summed E-state index contributed by atoms with van der Waals surface area (Å²) < 4.78 is 5.34. The lowest BCUT2D eigenvalue weighted by Crippen LogP contribution is -2.54. The van der Waals surface area contributed by atoms with E-state index >= 15 is 0 Å². The number of carbonyl (C=O) groups is 5. The molecule has 1 aromatic carbocycles. The van der Waals surface area contributed by atoms with Gasteiger partial charge in [-0.25, -0.2) is 4.79 Å². The molecule has 10 nitrogen and oxygen atoms in total. The van der Waals surface area contributed by atoms with Crippen molar-refractivity contribution >= 4 is 29.7 Å². The van der Waals surface area contributed by atoms with Crippen LogP contribution >= 0.6 is 0 Å². The van der Waals surface area contributed by atoms with Gasteiger partial charge >= 0.3 is 6.09 Å². The van der Waals surface area contributed by atoms with Crippen LogP contribution in [0.25, 0.3) is 0 Å². The zero-order valence-corrected chi connectivity index (χ0v) is 15.6. The van der Waals surface area contributed by atoms with Crippen molar-refractivity contribution in [3.05, 3.63) is 34.9 Å². The van der Waals surface area contributed by atoms with Crippen molar-refractivity contribution in [1.82, 2.24) is 15.5 Å². The third-order valence-electron chi connectivity index (χ3n) is 4.81. The highest BCUT2D eigenvalue weighted by atomic mass is 16.5. The lowest BCUT2D eigenvalue weighted by molar-refractivity contribution is -0.136. The number of nitrogens with one attached hydrogen (secondary N) is 2. The molecule has 0 aromatic heterocycles. The fourth-order valence-corrected chi connectivity index (χ4v) is 3.49. The van der Waals surface area contributed by atoms with Crippen LogP contribution in [0, 0.1) is 0 Å². The van der Waals surface area contributed by atoms with Gasteiger partial charge in [0.15, 0.2) is 0 Å². The Bertz CT molecular complexity index is 867. The maximum atomic E-state index is 12.9. The number of nitrogens with zero attached hydrogens (tertiary/aromatic N) is 1. The predicted octanol–water partition coefficient (Wildman–Crippen LogP) is 0.305. The van der Waals surface area contributed by atoms with Crippen molar-refractivity contribution in [2.45, 2.75) is 31.7 Å². The highest BCUT2D eigenvalue weighted by molar-refractivity contribution is 6.24. The molecule has 2 aliphatic heterocycles. The molecule has 1 fully saturated rings. The Hall–Kier alpha value is -3.27. The Morgan fingerprint density at radius 3 is 2.72 bits per heavy atom.